The summed E-state index contributed by atoms with van der Waals surface area (Å²) in [7, 11) is 0. The monoisotopic (exact) mass is 245 g/mol. The highest BCUT2D eigenvalue weighted by Crippen LogP contribution is 2.31. The third kappa shape index (κ3) is 2.91. The first-order chi connectivity index (χ1) is 7.97. The van der Waals surface area contributed by atoms with E-state index in [2.05, 4.69) is 0 Å². The predicted octanol–water partition coefficient (Wildman–Crippen LogP) is 2.96. The van der Waals surface area contributed by atoms with Crippen LogP contribution in [0.3, 0.4) is 0 Å². The molecule has 5 heteroatoms. The molecule has 1 saturated carbocycles. The van der Waals surface area contributed by atoms with Crippen LogP contribution >= 0.6 is 0 Å². The Morgan fingerprint density at radius 3 is 2.24 bits per heavy atom. The molecule has 0 bridgehead atoms. The number of hydrogen-bond donors (Lipinski definition) is 1. The van der Waals surface area contributed by atoms with Crippen LogP contribution in [0.4, 0.5) is 13.2 Å². The molecule has 0 radical (unpaired) electrons. The summed E-state index contributed by atoms with van der Waals surface area (Å²) in [6.45, 7) is 0. The second-order valence-electron chi connectivity index (χ2n) is 4.27. The zero-order valence-electron chi connectivity index (χ0n) is 9.20. The smallest absolute Gasteiger partial charge is 0.416 e. The maximum atomic E-state index is 12.3. The molecule has 2 atom stereocenters. The molecule has 0 heterocycles. The van der Waals surface area contributed by atoms with E-state index in [-0.39, 0.29) is 12.1 Å². The van der Waals surface area contributed by atoms with E-state index >= 15 is 0 Å². The van der Waals surface area contributed by atoms with Crippen LogP contribution in [-0.4, -0.2) is 12.1 Å². The van der Waals surface area contributed by atoms with Crippen LogP contribution in [0.15, 0.2) is 24.3 Å². The zero-order chi connectivity index (χ0) is 12.5. The number of alkyl halides is 3. The van der Waals surface area contributed by atoms with Crippen molar-refractivity contribution < 1.29 is 17.9 Å². The van der Waals surface area contributed by atoms with Crippen LogP contribution in [0.5, 0.6) is 5.75 Å². The summed E-state index contributed by atoms with van der Waals surface area (Å²) >= 11 is 0. The number of benzene rings is 1. The molecule has 1 aliphatic rings. The molecule has 0 spiro atoms. The molecule has 2 N–H and O–H groups in total. The lowest BCUT2D eigenvalue weighted by Crippen LogP contribution is -2.33. The van der Waals surface area contributed by atoms with Crippen LogP contribution in [0.25, 0.3) is 0 Å². The summed E-state index contributed by atoms with van der Waals surface area (Å²) in [5, 5.41) is 0. The van der Waals surface area contributed by atoms with Crippen molar-refractivity contribution in [3.05, 3.63) is 29.8 Å². The molecule has 0 amide bonds. The molecule has 17 heavy (non-hydrogen) atoms. The van der Waals surface area contributed by atoms with Gasteiger partial charge < -0.3 is 10.5 Å². The Balaban J connectivity index is 2.03. The van der Waals surface area contributed by atoms with Gasteiger partial charge in [-0.3, -0.25) is 0 Å². The average molecular weight is 245 g/mol. The van der Waals surface area contributed by atoms with Gasteiger partial charge in [-0.15, -0.1) is 0 Å². The minimum absolute atomic E-state index is 0.0164. The Morgan fingerprint density at radius 2 is 1.76 bits per heavy atom. The maximum absolute atomic E-state index is 12.3. The van der Waals surface area contributed by atoms with Crippen molar-refractivity contribution in [3.63, 3.8) is 0 Å². The summed E-state index contributed by atoms with van der Waals surface area (Å²) < 4.78 is 42.5. The number of halogens is 3. The standard InChI is InChI=1S/C12H14F3NO/c13-12(14,15)8-4-6-9(7-5-8)17-11-3-1-2-10(11)16/h4-7,10-11H,1-3,16H2. The second kappa shape index (κ2) is 4.56. The van der Waals surface area contributed by atoms with Crippen molar-refractivity contribution in [2.24, 2.45) is 5.73 Å². The average Bonchev–Trinajstić information content (AvgIpc) is 2.64. The molecule has 0 aromatic heterocycles. The van der Waals surface area contributed by atoms with Crippen molar-refractivity contribution in [2.75, 3.05) is 0 Å². The molecule has 0 aliphatic heterocycles. The minimum Gasteiger partial charge on any atom is -0.489 e. The summed E-state index contributed by atoms with van der Waals surface area (Å²) in [6, 6.07) is 4.71. The van der Waals surface area contributed by atoms with E-state index in [4.69, 9.17) is 10.5 Å². The number of hydrogen-bond acceptors (Lipinski definition) is 2. The van der Waals surface area contributed by atoms with Crippen LogP contribution in [0.1, 0.15) is 24.8 Å². The summed E-state index contributed by atoms with van der Waals surface area (Å²) in [6.07, 6.45) is -1.60. The van der Waals surface area contributed by atoms with Crippen molar-refractivity contribution in [1.82, 2.24) is 0 Å². The third-order valence-corrected chi connectivity index (χ3v) is 2.97. The zero-order valence-corrected chi connectivity index (χ0v) is 9.20. The van der Waals surface area contributed by atoms with Crippen molar-refractivity contribution >= 4 is 0 Å². The van der Waals surface area contributed by atoms with Crippen molar-refractivity contribution in [1.29, 1.82) is 0 Å². The Hall–Kier alpha value is -1.23. The van der Waals surface area contributed by atoms with Gasteiger partial charge in [0.1, 0.15) is 11.9 Å². The third-order valence-electron chi connectivity index (χ3n) is 2.97. The molecule has 94 valence electrons. The van der Waals surface area contributed by atoms with Crippen LogP contribution < -0.4 is 10.5 Å². The molecular formula is C12H14F3NO. The van der Waals surface area contributed by atoms with Gasteiger partial charge in [0.15, 0.2) is 0 Å². The highest BCUT2D eigenvalue weighted by atomic mass is 19.4. The number of ether oxygens (including phenoxy) is 1. The Kier molecular flexibility index (Phi) is 3.28. The molecule has 1 aromatic rings. The minimum atomic E-state index is -4.30. The van der Waals surface area contributed by atoms with Crippen molar-refractivity contribution in [2.45, 2.75) is 37.6 Å². The van der Waals surface area contributed by atoms with E-state index in [0.29, 0.717) is 5.75 Å². The first-order valence-corrected chi connectivity index (χ1v) is 5.56. The van der Waals surface area contributed by atoms with Crippen LogP contribution in [-0.2, 0) is 6.18 Å². The van der Waals surface area contributed by atoms with Crippen LogP contribution in [0, 0.1) is 0 Å². The lowest BCUT2D eigenvalue weighted by molar-refractivity contribution is -0.137. The van der Waals surface area contributed by atoms with Gasteiger partial charge >= 0.3 is 6.18 Å². The lowest BCUT2D eigenvalue weighted by atomic mass is 10.2. The van der Waals surface area contributed by atoms with Gasteiger partial charge in [-0.2, -0.15) is 13.2 Å². The first-order valence-electron chi connectivity index (χ1n) is 5.56. The van der Waals surface area contributed by atoms with E-state index in [1.165, 1.54) is 12.1 Å². The quantitative estimate of drug-likeness (QED) is 0.869. The largest absolute Gasteiger partial charge is 0.489 e. The molecule has 0 saturated heterocycles. The summed E-state index contributed by atoms with van der Waals surface area (Å²) in [5.74, 6) is 0.445. The Labute approximate surface area is 97.6 Å². The molecule has 2 unspecified atom stereocenters. The molecule has 1 aromatic carbocycles. The molecule has 2 nitrogen and oxygen atoms in total. The van der Waals surface area contributed by atoms with E-state index in [0.717, 1.165) is 31.4 Å². The predicted molar refractivity (Wildman–Crippen MR) is 57.7 cm³/mol. The summed E-state index contributed by atoms with van der Waals surface area (Å²) in [4.78, 5) is 0. The fourth-order valence-corrected chi connectivity index (χ4v) is 2.00. The number of nitrogens with two attached hydrogens (primary N) is 1. The van der Waals surface area contributed by atoms with E-state index in [1.54, 1.807) is 0 Å². The van der Waals surface area contributed by atoms with E-state index in [1.807, 2.05) is 0 Å². The van der Waals surface area contributed by atoms with E-state index < -0.39 is 11.7 Å². The maximum Gasteiger partial charge on any atom is 0.416 e. The van der Waals surface area contributed by atoms with E-state index in [9.17, 15) is 13.2 Å². The highest BCUT2D eigenvalue weighted by molar-refractivity contribution is 5.29. The van der Waals surface area contributed by atoms with Gasteiger partial charge in [0.25, 0.3) is 0 Å². The SMILES string of the molecule is NC1CCCC1Oc1ccc(C(F)(F)F)cc1. The molecular weight excluding hydrogens is 231 g/mol. The van der Waals surface area contributed by atoms with Gasteiger partial charge in [-0.1, -0.05) is 0 Å². The Morgan fingerprint density at radius 1 is 1.12 bits per heavy atom. The lowest BCUT2D eigenvalue weighted by Gasteiger charge is -2.18. The van der Waals surface area contributed by atoms with Crippen LogP contribution in [0.2, 0.25) is 0 Å². The van der Waals surface area contributed by atoms with Gasteiger partial charge in [0.2, 0.25) is 0 Å². The first kappa shape index (κ1) is 12.2. The normalized spacial score (nSPS) is 24.9. The highest BCUT2D eigenvalue weighted by Gasteiger charge is 2.30. The fourth-order valence-electron chi connectivity index (χ4n) is 2.00. The van der Waals surface area contributed by atoms with Gasteiger partial charge in [-0.25, -0.2) is 0 Å². The number of rotatable bonds is 2. The Bertz CT molecular complexity index is 374. The second-order valence-corrected chi connectivity index (χ2v) is 4.27. The molecule has 1 fully saturated rings. The topological polar surface area (TPSA) is 35.2 Å². The van der Waals surface area contributed by atoms with Gasteiger partial charge in [-0.05, 0) is 43.5 Å². The molecule has 1 aliphatic carbocycles. The molecule has 2 rings (SSSR count). The summed E-state index contributed by atoms with van der Waals surface area (Å²) in [5.41, 5.74) is 5.15. The van der Waals surface area contributed by atoms with Gasteiger partial charge in [0.05, 0.1) is 5.56 Å². The fraction of sp³-hybridized carbons (Fsp3) is 0.500. The van der Waals surface area contributed by atoms with Gasteiger partial charge in [0, 0.05) is 6.04 Å². The van der Waals surface area contributed by atoms with Crippen molar-refractivity contribution in [3.8, 4) is 5.75 Å².